The van der Waals surface area contributed by atoms with Crippen molar-refractivity contribution >= 4 is 16.7 Å². The molecule has 4 aliphatic carbocycles. The number of hydrogen-bond acceptors (Lipinski definition) is 7. The summed E-state index contributed by atoms with van der Waals surface area (Å²) in [6, 6.07) is 4.19. The molecule has 1 spiro atoms. The summed E-state index contributed by atoms with van der Waals surface area (Å²) in [5.41, 5.74) is 2.69. The number of ether oxygens (including phenoxy) is 5. The number of allylic oxidation sites excluding steroid dienone is 1. The van der Waals surface area contributed by atoms with Gasteiger partial charge < -0.3 is 33.8 Å². The third kappa shape index (κ3) is 3.54. The highest BCUT2D eigenvalue weighted by atomic mass is 16.8. The Labute approximate surface area is 296 Å². The van der Waals surface area contributed by atoms with Crippen LogP contribution in [0.25, 0.3) is 10.9 Å². The van der Waals surface area contributed by atoms with Crippen molar-refractivity contribution in [3.8, 4) is 0 Å². The smallest absolute Gasteiger partial charge is 0.178 e. The van der Waals surface area contributed by atoms with Crippen LogP contribution in [0.15, 0.2) is 23.8 Å². The summed E-state index contributed by atoms with van der Waals surface area (Å²) in [4.78, 5) is 18.2. The molecule has 270 valence electrons. The Bertz CT molecular complexity index is 1900. The number of benzene rings is 1. The van der Waals surface area contributed by atoms with E-state index >= 15 is 0 Å². The maximum Gasteiger partial charge on any atom is 0.178 e. The van der Waals surface area contributed by atoms with Crippen LogP contribution < -0.4 is 0 Å². The number of carbonyl (C=O) groups excluding carboxylic acids is 1. The Morgan fingerprint density at radius 1 is 0.880 bits per heavy atom. The number of aliphatic hydroxyl groups is 1. The zero-order valence-corrected chi connectivity index (χ0v) is 31.5. The quantitative estimate of drug-likeness (QED) is 0.250. The number of ketones is 1. The van der Waals surface area contributed by atoms with Crippen molar-refractivity contribution in [3.63, 3.8) is 0 Å². The molecule has 0 amide bonds. The number of aromatic amines is 1. The molecule has 0 bridgehead atoms. The minimum atomic E-state index is -1.11. The van der Waals surface area contributed by atoms with Gasteiger partial charge in [0.1, 0.15) is 23.9 Å². The number of H-pyrrole nitrogens is 1. The van der Waals surface area contributed by atoms with Crippen LogP contribution in [-0.4, -0.2) is 74.6 Å². The summed E-state index contributed by atoms with van der Waals surface area (Å²) in [6.45, 7) is 21.5. The monoisotopic (exact) mass is 685 g/mol. The predicted molar refractivity (Wildman–Crippen MR) is 188 cm³/mol. The molecule has 2 saturated carbocycles. The van der Waals surface area contributed by atoms with E-state index in [1.165, 1.54) is 22.2 Å². The fraction of sp³-hybridized carbons (Fsp3) is 0.738. The van der Waals surface area contributed by atoms with E-state index in [-0.39, 0.29) is 53.1 Å². The first-order chi connectivity index (χ1) is 23.3. The zero-order valence-electron chi connectivity index (χ0n) is 31.5. The van der Waals surface area contributed by atoms with Gasteiger partial charge in [-0.2, -0.15) is 0 Å². The average Bonchev–Trinajstić information content (AvgIpc) is 3.51. The molecule has 0 unspecified atom stereocenters. The summed E-state index contributed by atoms with van der Waals surface area (Å²) >= 11 is 0. The fourth-order valence-electron chi connectivity index (χ4n) is 13.6. The topological polar surface area (TPSA) is 103 Å². The first kappa shape index (κ1) is 32.6. The Kier molecular flexibility index (Phi) is 6.09. The van der Waals surface area contributed by atoms with Gasteiger partial charge in [0.05, 0.1) is 28.8 Å². The number of nitrogens with one attached hydrogen (secondary N) is 1. The number of Topliss-reactive ketones (excluding diaryl/α,β-unsaturated/α-hetero) is 1. The largest absolute Gasteiger partial charge is 0.386 e. The molecule has 6 fully saturated rings. The van der Waals surface area contributed by atoms with E-state index in [4.69, 9.17) is 23.7 Å². The SMILES string of the molecule is CC(C)=C[C@H]1O[C@H]2[C@H]3O[C@@]34[C@H](CC[C@@]3(C)[C@@]4(O)CC[C@H]4Cc5c([nH]c6ccc7c(c56)C[C@H]5[C@@H](C7=O)C(C)(C)OC5(C)C)[C@@]43C)O[C@@H]2C(C)(C)O1. The second-order valence-corrected chi connectivity index (χ2v) is 19.6. The minimum absolute atomic E-state index is 0.123. The highest BCUT2D eigenvalue weighted by molar-refractivity contribution is 6.06. The third-order valence-electron chi connectivity index (χ3n) is 15.9. The van der Waals surface area contributed by atoms with Gasteiger partial charge in [-0.25, -0.2) is 0 Å². The maximum absolute atomic E-state index is 14.3. The standard InChI is InChI=1S/C42H55NO7/c1-20(2)17-28-47-32-34(38(7,8)48-28)46-27-14-15-39(9)40(10)21(13-16-41(39,45)42(27)35(32)49-42)18-24-29-23-19-25-30(37(5,6)50-36(25,3)4)31(44)22(23)11-12-26(29)43-33(24)40/h11-12,17,21,25,27-28,30,32,34-35,43,45H,13-16,18-19H2,1-10H3/t21-,25-,27-,28-,30-,32+,34-,35+,39+,40+,41-,42-/m0/s1. The van der Waals surface area contributed by atoms with Gasteiger partial charge in [0.2, 0.25) is 0 Å². The van der Waals surface area contributed by atoms with Gasteiger partial charge in [0.25, 0.3) is 0 Å². The van der Waals surface area contributed by atoms with Crippen molar-refractivity contribution in [2.45, 2.75) is 172 Å². The van der Waals surface area contributed by atoms with Crippen molar-refractivity contribution < 1.29 is 33.6 Å². The number of epoxide rings is 1. The minimum Gasteiger partial charge on any atom is -0.386 e. The van der Waals surface area contributed by atoms with E-state index in [9.17, 15) is 9.90 Å². The van der Waals surface area contributed by atoms with Gasteiger partial charge >= 0.3 is 0 Å². The van der Waals surface area contributed by atoms with Gasteiger partial charge in [-0.05, 0) is 129 Å². The van der Waals surface area contributed by atoms with Crippen LogP contribution in [0.1, 0.15) is 122 Å². The lowest BCUT2D eigenvalue weighted by molar-refractivity contribution is -0.343. The Balaban J connectivity index is 1.07. The molecule has 2 aromatic rings. The second-order valence-electron chi connectivity index (χ2n) is 19.6. The molecule has 8 nitrogen and oxygen atoms in total. The highest BCUT2D eigenvalue weighted by Crippen LogP contribution is 2.75. The summed E-state index contributed by atoms with van der Waals surface area (Å²) in [5, 5.41) is 14.7. The molecular weight excluding hydrogens is 630 g/mol. The molecule has 50 heavy (non-hydrogen) atoms. The molecule has 1 aromatic carbocycles. The number of carbonyl (C=O) groups is 1. The van der Waals surface area contributed by atoms with E-state index in [1.54, 1.807) is 0 Å². The number of hydrogen-bond donors (Lipinski definition) is 2. The van der Waals surface area contributed by atoms with E-state index in [2.05, 4.69) is 86.4 Å². The fourth-order valence-corrected chi connectivity index (χ4v) is 13.6. The molecule has 4 aliphatic heterocycles. The number of aromatic nitrogens is 1. The van der Waals surface area contributed by atoms with Gasteiger partial charge in [-0.1, -0.05) is 19.4 Å². The molecule has 12 atom stereocenters. The molecule has 8 heteroatoms. The summed E-state index contributed by atoms with van der Waals surface area (Å²) in [6.07, 6.45) is 5.41. The van der Waals surface area contributed by atoms with Crippen LogP contribution in [-0.2, 0) is 41.9 Å². The molecule has 0 radical (unpaired) electrons. The molecule has 2 N–H and O–H groups in total. The maximum atomic E-state index is 14.3. The van der Waals surface area contributed by atoms with Gasteiger partial charge in [-0.15, -0.1) is 0 Å². The molecular formula is C42H55NO7. The van der Waals surface area contributed by atoms with E-state index in [0.29, 0.717) is 12.3 Å². The summed E-state index contributed by atoms with van der Waals surface area (Å²) in [5.74, 6) is 0.568. The Morgan fingerprint density at radius 3 is 2.38 bits per heavy atom. The van der Waals surface area contributed by atoms with E-state index < -0.39 is 34.1 Å². The lowest BCUT2D eigenvalue weighted by Gasteiger charge is -2.66. The normalized spacial score (nSPS) is 48.3. The Morgan fingerprint density at radius 2 is 1.64 bits per heavy atom. The van der Waals surface area contributed by atoms with E-state index in [1.807, 2.05) is 6.08 Å². The molecule has 8 aliphatic rings. The molecule has 4 saturated heterocycles. The number of fused-ring (bicyclic) bond motifs is 12. The summed E-state index contributed by atoms with van der Waals surface area (Å²) in [7, 11) is 0. The van der Waals surface area contributed by atoms with Crippen LogP contribution in [0.4, 0.5) is 0 Å². The average molecular weight is 686 g/mol. The van der Waals surface area contributed by atoms with Gasteiger partial charge in [-0.3, -0.25) is 4.79 Å². The van der Waals surface area contributed by atoms with Crippen molar-refractivity contribution in [1.29, 1.82) is 0 Å². The van der Waals surface area contributed by atoms with Crippen molar-refractivity contribution in [3.05, 3.63) is 46.2 Å². The van der Waals surface area contributed by atoms with E-state index in [0.717, 1.165) is 48.8 Å². The first-order valence-corrected chi connectivity index (χ1v) is 19.3. The second kappa shape index (κ2) is 9.34. The highest BCUT2D eigenvalue weighted by Gasteiger charge is 2.87. The van der Waals surface area contributed by atoms with Gasteiger partial charge in [0, 0.05) is 38.9 Å². The van der Waals surface area contributed by atoms with Crippen LogP contribution in [0.5, 0.6) is 0 Å². The molecule has 5 heterocycles. The van der Waals surface area contributed by atoms with Crippen molar-refractivity contribution in [1.82, 2.24) is 4.98 Å². The number of rotatable bonds is 1. The third-order valence-corrected chi connectivity index (χ3v) is 15.9. The lowest BCUT2D eigenvalue weighted by atomic mass is 9.40. The van der Waals surface area contributed by atoms with Crippen molar-refractivity contribution in [2.75, 3.05) is 0 Å². The Hall–Kier alpha value is -2.07. The first-order valence-electron chi connectivity index (χ1n) is 19.3. The van der Waals surface area contributed by atoms with Crippen LogP contribution >= 0.6 is 0 Å². The lowest BCUT2D eigenvalue weighted by Crippen LogP contribution is -2.77. The summed E-state index contributed by atoms with van der Waals surface area (Å²) < 4.78 is 33.4. The molecule has 1 aromatic heterocycles. The van der Waals surface area contributed by atoms with Gasteiger partial charge in [0.15, 0.2) is 17.7 Å². The zero-order chi connectivity index (χ0) is 35.3. The van der Waals surface area contributed by atoms with Crippen molar-refractivity contribution in [2.24, 2.45) is 23.2 Å². The van der Waals surface area contributed by atoms with Crippen LogP contribution in [0.2, 0.25) is 0 Å². The molecule has 10 rings (SSSR count). The van der Waals surface area contributed by atoms with Crippen LogP contribution in [0.3, 0.4) is 0 Å². The van der Waals surface area contributed by atoms with Crippen LogP contribution in [0, 0.1) is 23.2 Å². The predicted octanol–water partition coefficient (Wildman–Crippen LogP) is 6.87.